The molecule has 3 atom stereocenters. The SMILES string of the molecule is CC(C)(C)Oc1ccc(CC(NC(=O)OCc2ccccc2)C(=O)NC2CCC(S(=O)(=O)O)C2)cc1. The van der Waals surface area contributed by atoms with Crippen molar-refractivity contribution in [2.45, 2.75) is 76.0 Å². The maximum Gasteiger partial charge on any atom is 0.408 e. The largest absolute Gasteiger partial charge is 0.488 e. The Kier molecular flexibility index (Phi) is 8.97. The van der Waals surface area contributed by atoms with Gasteiger partial charge >= 0.3 is 6.09 Å². The molecule has 3 unspecified atom stereocenters. The van der Waals surface area contributed by atoms with E-state index < -0.39 is 39.5 Å². The molecule has 0 radical (unpaired) electrons. The average molecular weight is 519 g/mol. The van der Waals surface area contributed by atoms with Crippen LogP contribution < -0.4 is 15.4 Å². The van der Waals surface area contributed by atoms with Gasteiger partial charge in [-0.1, -0.05) is 42.5 Å². The maximum atomic E-state index is 13.1. The third kappa shape index (κ3) is 8.83. The van der Waals surface area contributed by atoms with Crippen molar-refractivity contribution in [3.8, 4) is 5.75 Å². The summed E-state index contributed by atoms with van der Waals surface area (Å²) in [7, 11) is -4.16. The minimum atomic E-state index is -4.16. The second-order valence-electron chi connectivity index (χ2n) is 9.98. The van der Waals surface area contributed by atoms with Crippen molar-refractivity contribution in [3.63, 3.8) is 0 Å². The summed E-state index contributed by atoms with van der Waals surface area (Å²) in [6, 6.07) is 15.1. The van der Waals surface area contributed by atoms with Crippen LogP contribution in [0.15, 0.2) is 54.6 Å². The highest BCUT2D eigenvalue weighted by molar-refractivity contribution is 7.86. The number of ether oxygens (including phenoxy) is 2. The first kappa shape index (κ1) is 27.5. The lowest BCUT2D eigenvalue weighted by molar-refractivity contribution is -0.123. The molecule has 2 amide bonds. The summed E-state index contributed by atoms with van der Waals surface area (Å²) < 4.78 is 43.3. The van der Waals surface area contributed by atoms with Gasteiger partial charge in [0.25, 0.3) is 10.1 Å². The smallest absolute Gasteiger partial charge is 0.408 e. The van der Waals surface area contributed by atoms with Crippen LogP contribution in [-0.4, -0.2) is 47.9 Å². The molecule has 2 aromatic rings. The van der Waals surface area contributed by atoms with Crippen LogP contribution in [0.3, 0.4) is 0 Å². The lowest BCUT2D eigenvalue weighted by atomic mass is 10.0. The molecule has 10 heteroatoms. The molecule has 1 aliphatic carbocycles. The van der Waals surface area contributed by atoms with Gasteiger partial charge < -0.3 is 20.1 Å². The molecular weight excluding hydrogens is 484 g/mol. The number of rotatable bonds is 9. The van der Waals surface area contributed by atoms with Gasteiger partial charge in [-0.15, -0.1) is 0 Å². The van der Waals surface area contributed by atoms with E-state index in [-0.39, 0.29) is 31.5 Å². The zero-order valence-electron chi connectivity index (χ0n) is 20.8. The van der Waals surface area contributed by atoms with Crippen molar-refractivity contribution >= 4 is 22.1 Å². The molecule has 0 aromatic heterocycles. The summed E-state index contributed by atoms with van der Waals surface area (Å²) in [6.07, 6.45) is 0.246. The fraction of sp³-hybridized carbons (Fsp3) is 0.462. The number of carbonyl (C=O) groups is 2. The van der Waals surface area contributed by atoms with Crippen LogP contribution in [0, 0.1) is 0 Å². The Morgan fingerprint density at radius 3 is 2.28 bits per heavy atom. The molecule has 0 spiro atoms. The Bertz CT molecular complexity index is 1130. The van der Waals surface area contributed by atoms with Crippen molar-refractivity contribution in [1.82, 2.24) is 10.6 Å². The molecule has 0 aliphatic heterocycles. The first-order valence-electron chi connectivity index (χ1n) is 11.9. The highest BCUT2D eigenvalue weighted by Crippen LogP contribution is 2.25. The van der Waals surface area contributed by atoms with Crippen molar-refractivity contribution in [2.24, 2.45) is 0 Å². The fourth-order valence-corrected chi connectivity index (χ4v) is 4.95. The molecule has 2 aromatic carbocycles. The topological polar surface area (TPSA) is 131 Å². The van der Waals surface area contributed by atoms with Crippen LogP contribution in [0.5, 0.6) is 5.75 Å². The van der Waals surface area contributed by atoms with Gasteiger partial charge in [0.05, 0.1) is 5.25 Å². The monoisotopic (exact) mass is 518 g/mol. The minimum Gasteiger partial charge on any atom is -0.488 e. The van der Waals surface area contributed by atoms with E-state index in [1.807, 2.05) is 63.2 Å². The number of hydrogen-bond donors (Lipinski definition) is 3. The van der Waals surface area contributed by atoms with Crippen LogP contribution in [0.25, 0.3) is 0 Å². The highest BCUT2D eigenvalue weighted by atomic mass is 32.2. The summed E-state index contributed by atoms with van der Waals surface area (Å²) >= 11 is 0. The summed E-state index contributed by atoms with van der Waals surface area (Å²) in [5.41, 5.74) is 1.25. The number of alkyl carbamates (subject to hydrolysis) is 1. The van der Waals surface area contributed by atoms with Gasteiger partial charge in [0.1, 0.15) is 24.0 Å². The number of amides is 2. The third-order valence-electron chi connectivity index (χ3n) is 5.76. The molecule has 36 heavy (non-hydrogen) atoms. The molecule has 0 saturated heterocycles. The summed E-state index contributed by atoms with van der Waals surface area (Å²) in [6.45, 7) is 5.89. The van der Waals surface area contributed by atoms with E-state index in [1.165, 1.54) is 0 Å². The zero-order valence-corrected chi connectivity index (χ0v) is 21.6. The Balaban J connectivity index is 1.66. The standard InChI is InChI=1S/C26H34N2O7S/c1-26(2,3)35-21-12-9-18(10-13-21)15-23(28-25(30)34-17-19-7-5-4-6-8-19)24(29)27-20-11-14-22(16-20)36(31,32)33/h4-10,12-13,20,22-23H,11,14-17H2,1-3H3,(H,27,29)(H,28,30)(H,31,32,33). The van der Waals surface area contributed by atoms with Crippen LogP contribution in [-0.2, 0) is 32.7 Å². The quantitative estimate of drug-likeness (QED) is 0.432. The second-order valence-corrected chi connectivity index (χ2v) is 11.7. The van der Waals surface area contributed by atoms with Gasteiger partial charge in [0, 0.05) is 12.5 Å². The molecule has 3 rings (SSSR count). The van der Waals surface area contributed by atoms with Gasteiger partial charge in [0.15, 0.2) is 0 Å². The van der Waals surface area contributed by atoms with Crippen molar-refractivity contribution in [3.05, 3.63) is 65.7 Å². The predicted molar refractivity (Wildman–Crippen MR) is 135 cm³/mol. The molecule has 3 N–H and O–H groups in total. The molecular formula is C26H34N2O7S. The number of nitrogens with one attached hydrogen (secondary N) is 2. The van der Waals surface area contributed by atoms with Crippen molar-refractivity contribution in [1.29, 1.82) is 0 Å². The number of benzene rings is 2. The van der Waals surface area contributed by atoms with Crippen LogP contribution >= 0.6 is 0 Å². The van der Waals surface area contributed by atoms with Gasteiger partial charge in [-0.2, -0.15) is 8.42 Å². The maximum absolute atomic E-state index is 13.1. The van der Waals surface area contributed by atoms with Gasteiger partial charge in [0.2, 0.25) is 5.91 Å². The molecule has 196 valence electrons. The number of carbonyl (C=O) groups excluding carboxylic acids is 2. The van der Waals surface area contributed by atoms with Gasteiger partial charge in [-0.25, -0.2) is 4.79 Å². The minimum absolute atomic E-state index is 0.0541. The lowest BCUT2D eigenvalue weighted by Gasteiger charge is -2.22. The normalized spacial score (nSPS) is 18.8. The molecule has 0 bridgehead atoms. The van der Waals surface area contributed by atoms with Crippen molar-refractivity contribution in [2.75, 3.05) is 0 Å². The number of hydrogen-bond acceptors (Lipinski definition) is 6. The van der Waals surface area contributed by atoms with E-state index in [9.17, 15) is 22.6 Å². The summed E-state index contributed by atoms with van der Waals surface area (Å²) in [4.78, 5) is 25.6. The Morgan fingerprint density at radius 1 is 1.03 bits per heavy atom. The van der Waals surface area contributed by atoms with E-state index in [1.54, 1.807) is 12.1 Å². The average Bonchev–Trinajstić information content (AvgIpc) is 3.27. The summed E-state index contributed by atoms with van der Waals surface area (Å²) in [5.74, 6) is 0.229. The van der Waals surface area contributed by atoms with E-state index >= 15 is 0 Å². The van der Waals surface area contributed by atoms with Crippen molar-refractivity contribution < 1.29 is 32.0 Å². The first-order valence-corrected chi connectivity index (χ1v) is 13.4. The third-order valence-corrected chi connectivity index (χ3v) is 7.03. The van der Waals surface area contributed by atoms with Crippen LogP contribution in [0.2, 0.25) is 0 Å². The predicted octanol–water partition coefficient (Wildman–Crippen LogP) is 3.63. The molecule has 9 nitrogen and oxygen atoms in total. The van der Waals surface area contributed by atoms with Gasteiger partial charge in [-0.05, 0) is 63.3 Å². The molecule has 0 heterocycles. The molecule has 1 aliphatic rings. The molecule has 1 saturated carbocycles. The zero-order chi connectivity index (χ0) is 26.3. The Labute approximate surface area is 212 Å². The van der Waals surface area contributed by atoms with E-state index in [4.69, 9.17) is 9.47 Å². The lowest BCUT2D eigenvalue weighted by Crippen LogP contribution is -2.50. The van der Waals surface area contributed by atoms with Gasteiger partial charge in [-0.3, -0.25) is 9.35 Å². The Hall–Kier alpha value is -3.11. The van der Waals surface area contributed by atoms with E-state index in [0.717, 1.165) is 11.1 Å². The van der Waals surface area contributed by atoms with E-state index in [0.29, 0.717) is 12.2 Å². The first-order chi connectivity index (χ1) is 16.9. The molecule has 1 fully saturated rings. The summed E-state index contributed by atoms with van der Waals surface area (Å²) in [5, 5.41) is 4.54. The second kappa shape index (κ2) is 11.7. The highest BCUT2D eigenvalue weighted by Gasteiger charge is 2.35. The van der Waals surface area contributed by atoms with Crippen LogP contribution in [0.1, 0.15) is 51.2 Å². The Morgan fingerprint density at radius 2 is 1.69 bits per heavy atom. The fourth-order valence-electron chi connectivity index (χ4n) is 4.04. The van der Waals surface area contributed by atoms with E-state index in [2.05, 4.69) is 10.6 Å². The van der Waals surface area contributed by atoms with Crippen LogP contribution in [0.4, 0.5) is 4.79 Å².